The molecule has 0 atom stereocenters. The maximum Gasteiger partial charge on any atom is 0.317 e. The number of hydrogen-bond donors (Lipinski definition) is 1. The fourth-order valence-corrected chi connectivity index (χ4v) is 6.65. The lowest BCUT2D eigenvalue weighted by Crippen LogP contribution is -2.48. The van der Waals surface area contributed by atoms with Crippen molar-refractivity contribution in [2.45, 2.75) is 45.2 Å². The number of anilines is 1. The van der Waals surface area contributed by atoms with Crippen LogP contribution in [0.1, 0.15) is 52.7 Å². The quantitative estimate of drug-likeness (QED) is 0.458. The number of benzene rings is 2. The molecular weight excluding hydrogens is 522 g/mol. The number of nitrogens with zero attached hydrogens (tertiary/aromatic N) is 4. The van der Waals surface area contributed by atoms with Gasteiger partial charge in [-0.1, -0.05) is 35.9 Å². The van der Waals surface area contributed by atoms with E-state index in [1.54, 1.807) is 0 Å². The molecule has 0 radical (unpaired) electrons. The topological polar surface area (TPSA) is 68.8 Å². The average Bonchev–Trinajstić information content (AvgIpc) is 3.01. The van der Waals surface area contributed by atoms with Gasteiger partial charge in [0, 0.05) is 74.5 Å². The first kappa shape index (κ1) is 26.6. The number of amides is 3. The van der Waals surface area contributed by atoms with Crippen LogP contribution in [0.4, 0.5) is 10.5 Å². The van der Waals surface area contributed by atoms with Crippen molar-refractivity contribution in [3.8, 4) is 0 Å². The molecule has 0 unspecified atom stereocenters. The normalized spacial score (nSPS) is 18.4. The van der Waals surface area contributed by atoms with E-state index in [4.69, 9.17) is 11.6 Å². The number of likely N-dealkylation sites (tertiary alicyclic amines) is 1. The molecule has 1 N–H and O–H groups in total. The molecule has 0 saturated carbocycles. The lowest BCUT2D eigenvalue weighted by atomic mass is 9.71. The number of carbonyl (C=O) groups excluding carboxylic acids is 2. The van der Waals surface area contributed by atoms with Crippen LogP contribution >= 0.6 is 11.6 Å². The second kappa shape index (κ2) is 11.5. The number of rotatable bonds is 4. The number of piperidine rings is 2. The third kappa shape index (κ3) is 5.66. The van der Waals surface area contributed by atoms with E-state index in [9.17, 15) is 9.59 Å². The van der Waals surface area contributed by atoms with Crippen molar-refractivity contribution < 1.29 is 9.59 Å². The van der Waals surface area contributed by atoms with Gasteiger partial charge >= 0.3 is 6.03 Å². The minimum Gasteiger partial charge on any atom is -0.371 e. The van der Waals surface area contributed by atoms with Gasteiger partial charge in [0.25, 0.3) is 5.91 Å². The molecule has 40 heavy (non-hydrogen) atoms. The van der Waals surface area contributed by atoms with Gasteiger partial charge in [-0.15, -0.1) is 0 Å². The summed E-state index contributed by atoms with van der Waals surface area (Å²) in [5.41, 5.74) is 5.48. The Morgan fingerprint density at radius 2 is 1.57 bits per heavy atom. The molecule has 0 bridgehead atoms. The third-order valence-corrected chi connectivity index (χ3v) is 9.47. The molecule has 208 valence electrons. The van der Waals surface area contributed by atoms with E-state index in [2.05, 4.69) is 33.4 Å². The lowest BCUT2D eigenvalue weighted by molar-refractivity contribution is 0.0515. The van der Waals surface area contributed by atoms with Crippen LogP contribution in [0, 0.1) is 5.41 Å². The van der Waals surface area contributed by atoms with Crippen LogP contribution in [0.5, 0.6) is 0 Å². The fourth-order valence-electron chi connectivity index (χ4n) is 6.45. The molecule has 2 saturated heterocycles. The van der Waals surface area contributed by atoms with Crippen LogP contribution in [-0.2, 0) is 19.5 Å². The molecule has 1 spiro atoms. The molecule has 1 aromatic heterocycles. The molecule has 8 heteroatoms. The van der Waals surface area contributed by atoms with Gasteiger partial charge in [-0.3, -0.25) is 9.78 Å². The summed E-state index contributed by atoms with van der Waals surface area (Å²) in [4.78, 5) is 36.8. The molecule has 4 heterocycles. The van der Waals surface area contributed by atoms with E-state index in [-0.39, 0.29) is 11.9 Å². The highest BCUT2D eigenvalue weighted by molar-refractivity contribution is 6.31. The second-order valence-electron chi connectivity index (χ2n) is 11.4. The van der Waals surface area contributed by atoms with Crippen molar-refractivity contribution in [2.75, 3.05) is 37.6 Å². The number of carbonyl (C=O) groups is 2. The number of pyridine rings is 1. The van der Waals surface area contributed by atoms with Crippen LogP contribution < -0.4 is 10.2 Å². The summed E-state index contributed by atoms with van der Waals surface area (Å²) in [6, 6.07) is 17.6. The highest BCUT2D eigenvalue weighted by Gasteiger charge is 2.39. The molecule has 3 amide bonds. The molecule has 6 rings (SSSR count). The molecule has 0 aliphatic carbocycles. The van der Waals surface area contributed by atoms with Gasteiger partial charge in [-0.05, 0) is 84.5 Å². The van der Waals surface area contributed by atoms with Crippen molar-refractivity contribution in [2.24, 2.45) is 5.41 Å². The number of hydrogen-bond acceptors (Lipinski definition) is 4. The summed E-state index contributed by atoms with van der Waals surface area (Å²) in [6.45, 7) is 5.28. The molecule has 3 aliphatic rings. The Morgan fingerprint density at radius 3 is 2.33 bits per heavy atom. The van der Waals surface area contributed by atoms with Gasteiger partial charge in [-0.2, -0.15) is 0 Å². The van der Waals surface area contributed by atoms with Crippen LogP contribution in [0.25, 0.3) is 0 Å². The zero-order valence-electron chi connectivity index (χ0n) is 22.8. The van der Waals surface area contributed by atoms with Gasteiger partial charge in [0.15, 0.2) is 0 Å². The lowest BCUT2D eigenvalue weighted by Gasteiger charge is -2.47. The Balaban J connectivity index is 1.03. The smallest absolute Gasteiger partial charge is 0.317 e. The Morgan fingerprint density at radius 1 is 0.850 bits per heavy atom. The van der Waals surface area contributed by atoms with Crippen molar-refractivity contribution in [1.29, 1.82) is 0 Å². The van der Waals surface area contributed by atoms with Gasteiger partial charge in [0.1, 0.15) is 0 Å². The Labute approximate surface area is 241 Å². The van der Waals surface area contributed by atoms with E-state index < -0.39 is 0 Å². The third-order valence-electron chi connectivity index (χ3n) is 9.10. The Kier molecular flexibility index (Phi) is 7.65. The first-order valence-electron chi connectivity index (χ1n) is 14.3. The van der Waals surface area contributed by atoms with E-state index in [1.165, 1.54) is 24.1 Å². The van der Waals surface area contributed by atoms with E-state index in [1.807, 2.05) is 58.6 Å². The van der Waals surface area contributed by atoms with Crippen LogP contribution in [0.15, 0.2) is 67.0 Å². The number of aromatic nitrogens is 1. The van der Waals surface area contributed by atoms with Crippen molar-refractivity contribution in [3.63, 3.8) is 0 Å². The summed E-state index contributed by atoms with van der Waals surface area (Å²) in [7, 11) is 0. The van der Waals surface area contributed by atoms with Gasteiger partial charge in [0.05, 0.1) is 0 Å². The maximum atomic E-state index is 13.5. The molecular formula is C32H36ClN5O2. The predicted octanol–water partition coefficient (Wildman–Crippen LogP) is 5.53. The van der Waals surface area contributed by atoms with Gasteiger partial charge in [-0.25, -0.2) is 4.79 Å². The second-order valence-corrected chi connectivity index (χ2v) is 11.8. The highest BCUT2D eigenvalue weighted by Crippen LogP contribution is 2.42. The van der Waals surface area contributed by atoms with Crippen molar-refractivity contribution in [3.05, 3.63) is 94.3 Å². The Bertz CT molecular complexity index is 1360. The SMILES string of the molecule is O=C(NCc1ccccc1Cl)N1CCc2ccc(C(=O)N3CCC4(CC3)CCN(c3ccncc3)CC4)cc2C1. The zero-order valence-corrected chi connectivity index (χ0v) is 23.6. The first-order chi connectivity index (χ1) is 19.5. The molecule has 3 aromatic rings. The van der Waals surface area contributed by atoms with Crippen molar-refractivity contribution in [1.82, 2.24) is 20.1 Å². The number of nitrogens with one attached hydrogen (secondary N) is 1. The van der Waals surface area contributed by atoms with Gasteiger partial charge < -0.3 is 20.0 Å². The number of halogens is 1. The largest absolute Gasteiger partial charge is 0.371 e. The minimum absolute atomic E-state index is 0.104. The molecule has 3 aliphatic heterocycles. The average molecular weight is 558 g/mol. The summed E-state index contributed by atoms with van der Waals surface area (Å²) < 4.78 is 0. The van der Waals surface area contributed by atoms with Crippen LogP contribution in [-0.4, -0.2) is 59.4 Å². The van der Waals surface area contributed by atoms with Crippen LogP contribution in [0.3, 0.4) is 0 Å². The number of urea groups is 1. The van der Waals surface area contributed by atoms with E-state index >= 15 is 0 Å². The summed E-state index contributed by atoms with van der Waals surface area (Å²) >= 11 is 6.24. The monoisotopic (exact) mass is 557 g/mol. The predicted molar refractivity (Wildman–Crippen MR) is 157 cm³/mol. The highest BCUT2D eigenvalue weighted by atomic mass is 35.5. The molecule has 7 nitrogen and oxygen atoms in total. The van der Waals surface area contributed by atoms with E-state index in [0.29, 0.717) is 30.1 Å². The zero-order chi connectivity index (χ0) is 27.5. The molecule has 2 aromatic carbocycles. The standard InChI is InChI=1S/C32H36ClN5O2/c33-29-4-2-1-3-26(29)22-35-31(40)38-16-9-24-5-6-25(21-27(24)23-38)30(39)37-19-12-32(13-20-37)10-17-36(18-11-32)28-7-14-34-15-8-28/h1-8,14-15,21H,9-13,16-20,22-23H2,(H,35,40). The number of fused-ring (bicyclic) bond motifs is 1. The minimum atomic E-state index is -0.112. The maximum absolute atomic E-state index is 13.5. The first-order valence-corrected chi connectivity index (χ1v) is 14.7. The fraction of sp³-hybridized carbons (Fsp3) is 0.406. The van der Waals surface area contributed by atoms with Crippen molar-refractivity contribution >= 4 is 29.2 Å². The van der Waals surface area contributed by atoms with Crippen LogP contribution in [0.2, 0.25) is 5.02 Å². The Hall–Kier alpha value is -3.58. The van der Waals surface area contributed by atoms with E-state index in [0.717, 1.165) is 62.1 Å². The molecule has 2 fully saturated rings. The van der Waals surface area contributed by atoms with Gasteiger partial charge in [0.2, 0.25) is 0 Å². The summed E-state index contributed by atoms with van der Waals surface area (Å²) in [5, 5.41) is 3.64. The summed E-state index contributed by atoms with van der Waals surface area (Å²) in [5.74, 6) is 0.104. The summed E-state index contributed by atoms with van der Waals surface area (Å²) in [6.07, 6.45) is 8.97.